The highest BCUT2D eigenvalue weighted by Crippen LogP contribution is 2.09. The normalized spacial score (nSPS) is 8.93. The molecule has 2 aromatic rings. The van der Waals surface area contributed by atoms with Gasteiger partial charge in [0.1, 0.15) is 0 Å². The summed E-state index contributed by atoms with van der Waals surface area (Å²) < 4.78 is 0. The van der Waals surface area contributed by atoms with Crippen LogP contribution in [0.1, 0.15) is 91.5 Å². The van der Waals surface area contributed by atoms with Gasteiger partial charge in [-0.1, -0.05) is 129 Å². The molecule has 0 N–H and O–H groups in total. The fourth-order valence-electron chi connectivity index (χ4n) is 1.80. The molecule has 0 unspecified atom stereocenters. The summed E-state index contributed by atoms with van der Waals surface area (Å²) in [5.41, 5.74) is 5.51. The molecule has 0 amide bonds. The van der Waals surface area contributed by atoms with Gasteiger partial charge in [0.25, 0.3) is 0 Å². The van der Waals surface area contributed by atoms with Crippen LogP contribution in [0.4, 0.5) is 0 Å². The second-order valence-corrected chi connectivity index (χ2v) is 7.94. The lowest BCUT2D eigenvalue weighted by molar-refractivity contribution is 0.736. The van der Waals surface area contributed by atoms with E-state index in [1.165, 1.54) is 22.3 Å². The van der Waals surface area contributed by atoms with Crippen molar-refractivity contribution in [1.82, 2.24) is 0 Å². The zero-order valence-corrected chi connectivity index (χ0v) is 21.2. The molecule has 0 aromatic heterocycles. The first-order valence-corrected chi connectivity index (χ1v) is 11.3. The van der Waals surface area contributed by atoms with Crippen LogP contribution in [0.2, 0.25) is 0 Å². The van der Waals surface area contributed by atoms with Crippen molar-refractivity contribution in [3.63, 3.8) is 0 Å². The Kier molecular flexibility index (Phi) is 24.2. The van der Waals surface area contributed by atoms with Gasteiger partial charge in [-0.25, -0.2) is 0 Å². The standard InChI is InChI=1S/C16H18.2C4H10.2C2H6/c1-13-3-7-15(8-4-13)11-12-16-9-5-14(2)6-10-16;2*1-4(2)3;2*1-2/h3-10H,11-12H2,1-2H3;2*4H,1-3H3;2*1-2H3. The molecule has 0 fully saturated rings. The van der Waals surface area contributed by atoms with Crippen molar-refractivity contribution in [2.75, 3.05) is 0 Å². The first-order valence-electron chi connectivity index (χ1n) is 11.3. The maximum absolute atomic E-state index is 2.23. The Morgan fingerprint density at radius 1 is 0.464 bits per heavy atom. The Morgan fingerprint density at radius 3 is 0.821 bits per heavy atom. The molecule has 0 bridgehead atoms. The van der Waals surface area contributed by atoms with Crippen LogP contribution >= 0.6 is 0 Å². The van der Waals surface area contributed by atoms with Crippen molar-refractivity contribution < 1.29 is 0 Å². The van der Waals surface area contributed by atoms with Gasteiger partial charge >= 0.3 is 0 Å². The highest BCUT2D eigenvalue weighted by Gasteiger charge is 1.95. The summed E-state index contributed by atoms with van der Waals surface area (Å²) in [7, 11) is 0. The van der Waals surface area contributed by atoms with E-state index < -0.39 is 0 Å². The topological polar surface area (TPSA) is 0 Å². The van der Waals surface area contributed by atoms with Gasteiger partial charge in [0, 0.05) is 0 Å². The van der Waals surface area contributed by atoms with Crippen molar-refractivity contribution in [3.05, 3.63) is 70.8 Å². The number of hydrogen-bond donors (Lipinski definition) is 0. The second-order valence-electron chi connectivity index (χ2n) is 7.94. The van der Waals surface area contributed by atoms with Gasteiger partial charge in [0.15, 0.2) is 0 Å². The maximum atomic E-state index is 2.23. The molecule has 0 spiro atoms. The van der Waals surface area contributed by atoms with E-state index in [9.17, 15) is 0 Å². The largest absolute Gasteiger partial charge is 0.0683 e. The van der Waals surface area contributed by atoms with Gasteiger partial charge in [-0.3, -0.25) is 0 Å². The smallest absolute Gasteiger partial charge is 0.0238 e. The summed E-state index contributed by atoms with van der Waals surface area (Å²) in [6.45, 7) is 25.3. The summed E-state index contributed by atoms with van der Waals surface area (Å²) in [5.74, 6) is 1.67. The summed E-state index contributed by atoms with van der Waals surface area (Å²) in [5, 5.41) is 0. The lowest BCUT2D eigenvalue weighted by Gasteiger charge is -2.03. The van der Waals surface area contributed by atoms with Gasteiger partial charge in [-0.2, -0.15) is 0 Å². The highest BCUT2D eigenvalue weighted by molar-refractivity contribution is 5.25. The van der Waals surface area contributed by atoms with E-state index in [-0.39, 0.29) is 0 Å². The predicted molar refractivity (Wildman–Crippen MR) is 133 cm³/mol. The van der Waals surface area contributed by atoms with Crippen LogP contribution in [-0.2, 0) is 12.8 Å². The molecule has 0 saturated carbocycles. The van der Waals surface area contributed by atoms with Crippen LogP contribution < -0.4 is 0 Å². The molecule has 0 aliphatic heterocycles. The third-order valence-electron chi connectivity index (χ3n) is 2.94. The van der Waals surface area contributed by atoms with E-state index in [1.807, 2.05) is 27.7 Å². The van der Waals surface area contributed by atoms with E-state index in [1.54, 1.807) is 0 Å². The van der Waals surface area contributed by atoms with E-state index in [4.69, 9.17) is 0 Å². The van der Waals surface area contributed by atoms with Crippen LogP contribution in [0.15, 0.2) is 48.5 Å². The first kappa shape index (κ1) is 31.1. The fourth-order valence-corrected chi connectivity index (χ4v) is 1.80. The molecule has 0 atom stereocenters. The van der Waals surface area contributed by atoms with Gasteiger partial charge in [0.2, 0.25) is 0 Å². The molecule has 0 heteroatoms. The number of benzene rings is 2. The zero-order chi connectivity index (χ0) is 22.5. The minimum absolute atomic E-state index is 0.833. The van der Waals surface area contributed by atoms with Crippen molar-refractivity contribution in [2.45, 2.75) is 95.9 Å². The third kappa shape index (κ3) is 24.4. The van der Waals surface area contributed by atoms with E-state index in [0.717, 1.165) is 24.7 Å². The van der Waals surface area contributed by atoms with Crippen LogP contribution in [0, 0.1) is 25.7 Å². The van der Waals surface area contributed by atoms with Crippen molar-refractivity contribution in [2.24, 2.45) is 11.8 Å². The van der Waals surface area contributed by atoms with Crippen molar-refractivity contribution in [1.29, 1.82) is 0 Å². The molecule has 0 radical (unpaired) electrons. The predicted octanol–water partition coefficient (Wildman–Crippen LogP) is 9.47. The number of rotatable bonds is 3. The van der Waals surface area contributed by atoms with Crippen molar-refractivity contribution in [3.8, 4) is 0 Å². The molecular formula is C28H50. The Bertz CT molecular complexity index is 458. The Labute approximate surface area is 178 Å². The quantitative estimate of drug-likeness (QED) is 0.492. The van der Waals surface area contributed by atoms with Crippen LogP contribution in [0.5, 0.6) is 0 Å². The lowest BCUT2D eigenvalue weighted by Crippen LogP contribution is -1.91. The molecule has 0 heterocycles. The van der Waals surface area contributed by atoms with E-state index in [2.05, 4.69) is 104 Å². The van der Waals surface area contributed by atoms with E-state index >= 15 is 0 Å². The maximum Gasteiger partial charge on any atom is -0.0238 e. The van der Waals surface area contributed by atoms with Gasteiger partial charge in [-0.15, -0.1) is 0 Å². The second kappa shape index (κ2) is 21.7. The Balaban J connectivity index is -0.000000436. The fraction of sp³-hybridized carbons (Fsp3) is 0.571. The number of hydrogen-bond acceptors (Lipinski definition) is 0. The van der Waals surface area contributed by atoms with E-state index in [0.29, 0.717) is 0 Å². The summed E-state index contributed by atoms with van der Waals surface area (Å²) in [4.78, 5) is 0. The molecule has 0 aliphatic carbocycles. The summed E-state index contributed by atoms with van der Waals surface area (Å²) >= 11 is 0. The van der Waals surface area contributed by atoms with Gasteiger partial charge in [0.05, 0.1) is 0 Å². The Morgan fingerprint density at radius 2 is 0.643 bits per heavy atom. The van der Waals surface area contributed by atoms with Crippen molar-refractivity contribution >= 4 is 0 Å². The molecular weight excluding hydrogens is 336 g/mol. The monoisotopic (exact) mass is 386 g/mol. The molecule has 2 rings (SSSR count). The summed E-state index contributed by atoms with van der Waals surface area (Å²) in [6, 6.07) is 17.6. The molecule has 162 valence electrons. The minimum atomic E-state index is 0.833. The zero-order valence-electron chi connectivity index (χ0n) is 21.2. The third-order valence-corrected chi connectivity index (χ3v) is 2.94. The average Bonchev–Trinajstić information content (AvgIpc) is 2.65. The Hall–Kier alpha value is -1.56. The summed E-state index contributed by atoms with van der Waals surface area (Å²) in [6.07, 6.45) is 2.26. The minimum Gasteiger partial charge on any atom is -0.0683 e. The molecule has 2 aromatic carbocycles. The molecule has 0 aliphatic rings. The first-order chi connectivity index (χ1) is 13.2. The highest BCUT2D eigenvalue weighted by atomic mass is 14.0. The van der Waals surface area contributed by atoms with Crippen LogP contribution in [-0.4, -0.2) is 0 Å². The molecule has 0 nitrogen and oxygen atoms in total. The number of aryl methyl sites for hydroxylation is 4. The van der Waals surface area contributed by atoms with Crippen LogP contribution in [0.3, 0.4) is 0 Å². The lowest BCUT2D eigenvalue weighted by atomic mass is 10.0. The SMILES string of the molecule is CC.CC.CC(C)C.CC(C)C.Cc1ccc(CCc2ccc(C)cc2)cc1. The molecule has 0 saturated heterocycles. The van der Waals surface area contributed by atoms with Gasteiger partial charge < -0.3 is 0 Å². The van der Waals surface area contributed by atoms with Crippen LogP contribution in [0.25, 0.3) is 0 Å². The van der Waals surface area contributed by atoms with Gasteiger partial charge in [-0.05, 0) is 49.7 Å². The average molecular weight is 387 g/mol. The molecule has 28 heavy (non-hydrogen) atoms.